The largest absolute Gasteiger partial charge is 0.466 e. The van der Waals surface area contributed by atoms with Crippen LogP contribution in [0.1, 0.15) is 59.8 Å². The first kappa shape index (κ1) is 16.5. The lowest BCUT2D eigenvalue weighted by molar-refractivity contribution is -0.140. The van der Waals surface area contributed by atoms with E-state index in [1.165, 1.54) is 12.7 Å². The second kappa shape index (κ2) is 5.06. The summed E-state index contributed by atoms with van der Waals surface area (Å²) in [4.78, 5) is 24.4. The van der Waals surface area contributed by atoms with Crippen LogP contribution in [-0.2, 0) is 14.3 Å². The van der Waals surface area contributed by atoms with Crippen LogP contribution in [0.25, 0.3) is 0 Å². The third-order valence-corrected chi connectivity index (χ3v) is 6.88. The molecule has 0 saturated heterocycles. The van der Waals surface area contributed by atoms with E-state index in [1.54, 1.807) is 0 Å². The number of allylic oxidation sites excluding steroid dienone is 3. The molecule has 126 valence electrons. The summed E-state index contributed by atoms with van der Waals surface area (Å²) in [5.41, 5.74) is 1.94. The molecule has 0 aromatic carbocycles. The molecule has 2 fully saturated rings. The molecule has 0 radical (unpaired) electrons. The number of hydrogen-bond acceptors (Lipinski definition) is 3. The molecule has 3 heteroatoms. The zero-order valence-electron chi connectivity index (χ0n) is 15.0. The Labute approximate surface area is 139 Å². The van der Waals surface area contributed by atoms with Crippen LogP contribution in [0.2, 0.25) is 0 Å². The van der Waals surface area contributed by atoms with E-state index in [4.69, 9.17) is 4.74 Å². The summed E-state index contributed by atoms with van der Waals surface area (Å²) >= 11 is 0. The number of hydrogen-bond donors (Lipinski definition) is 0. The van der Waals surface area contributed by atoms with Crippen molar-refractivity contribution in [3.05, 3.63) is 23.3 Å². The summed E-state index contributed by atoms with van der Waals surface area (Å²) in [6.07, 6.45) is 8.67. The van der Waals surface area contributed by atoms with Gasteiger partial charge in [0.15, 0.2) is 0 Å². The molecule has 0 aliphatic heterocycles. The van der Waals surface area contributed by atoms with Crippen molar-refractivity contribution < 1.29 is 14.3 Å². The molecule has 0 N–H and O–H groups in total. The van der Waals surface area contributed by atoms with Gasteiger partial charge >= 0.3 is 5.97 Å². The quantitative estimate of drug-likeness (QED) is 0.537. The average Bonchev–Trinajstić information content (AvgIpc) is 2.49. The summed E-state index contributed by atoms with van der Waals surface area (Å²) in [5, 5.41) is 0. The van der Waals surface area contributed by atoms with Gasteiger partial charge in [-0.3, -0.25) is 4.79 Å². The first-order chi connectivity index (χ1) is 10.6. The first-order valence-corrected chi connectivity index (χ1v) is 8.69. The molecule has 23 heavy (non-hydrogen) atoms. The molecule has 0 aromatic rings. The lowest BCUT2D eigenvalue weighted by Crippen LogP contribution is -2.53. The lowest BCUT2D eigenvalue weighted by Gasteiger charge is -2.59. The Morgan fingerprint density at radius 3 is 2.57 bits per heavy atom. The third kappa shape index (κ3) is 2.23. The number of ether oxygens (including phenoxy) is 1. The van der Waals surface area contributed by atoms with E-state index >= 15 is 0 Å². The molecule has 3 aliphatic rings. The van der Waals surface area contributed by atoms with Crippen LogP contribution < -0.4 is 0 Å². The van der Waals surface area contributed by atoms with Gasteiger partial charge < -0.3 is 4.74 Å². The highest BCUT2D eigenvalue weighted by Gasteiger charge is 2.58. The van der Waals surface area contributed by atoms with Crippen LogP contribution >= 0.6 is 0 Å². The lowest BCUT2D eigenvalue weighted by atomic mass is 9.44. The Hall–Kier alpha value is -1.38. The van der Waals surface area contributed by atoms with Crippen LogP contribution in [0.15, 0.2) is 23.3 Å². The van der Waals surface area contributed by atoms with Gasteiger partial charge in [0.05, 0.1) is 7.11 Å². The number of methoxy groups -OCH3 is 1. The minimum Gasteiger partial charge on any atom is -0.466 e. The first-order valence-electron chi connectivity index (χ1n) is 8.69. The number of carbonyl (C=O) groups excluding carboxylic acids is 2. The second-order valence-corrected chi connectivity index (χ2v) is 8.55. The van der Waals surface area contributed by atoms with Crippen molar-refractivity contribution in [3.63, 3.8) is 0 Å². The van der Waals surface area contributed by atoms with Gasteiger partial charge in [-0.1, -0.05) is 45.4 Å². The van der Waals surface area contributed by atoms with Crippen LogP contribution in [0.3, 0.4) is 0 Å². The Kier molecular flexibility index (Phi) is 3.62. The highest BCUT2D eigenvalue weighted by Crippen LogP contribution is 2.64. The molecular formula is C20H28O3. The monoisotopic (exact) mass is 316 g/mol. The Morgan fingerprint density at radius 1 is 1.22 bits per heavy atom. The fraction of sp³-hybridized carbons (Fsp3) is 0.700. The fourth-order valence-electron chi connectivity index (χ4n) is 5.64. The average molecular weight is 316 g/mol. The summed E-state index contributed by atoms with van der Waals surface area (Å²) < 4.78 is 4.91. The minimum absolute atomic E-state index is 0.0581. The second-order valence-electron chi connectivity index (χ2n) is 8.55. The van der Waals surface area contributed by atoms with Gasteiger partial charge in [0, 0.05) is 22.8 Å². The molecule has 3 aliphatic carbocycles. The summed E-state index contributed by atoms with van der Waals surface area (Å²) in [7, 11) is 1.44. The van der Waals surface area contributed by atoms with Gasteiger partial charge in [-0.25, -0.2) is 4.79 Å². The zero-order valence-corrected chi connectivity index (χ0v) is 15.0. The van der Waals surface area contributed by atoms with Gasteiger partial charge in [-0.05, 0) is 37.0 Å². The van der Waals surface area contributed by atoms with Gasteiger partial charge in [0.1, 0.15) is 5.78 Å². The standard InChI is InChI=1S/C20H28O3/c1-18(2)14-8-10-19(3)12-13(17(22)23-5)6-7-15(19)20(14,4)11-9-16(18)21/h7,12,14H,6,8-11H2,1-5H3/t14-,19-,20-/m0/s1. The van der Waals surface area contributed by atoms with E-state index in [0.29, 0.717) is 24.5 Å². The Bertz CT molecular complexity index is 625. The summed E-state index contributed by atoms with van der Waals surface area (Å²) in [6.45, 7) is 8.83. The number of Topliss-reactive ketones (excluding diaryl/α,β-unsaturated/α-hetero) is 1. The maximum atomic E-state index is 12.4. The van der Waals surface area contributed by atoms with Crippen LogP contribution in [0.5, 0.6) is 0 Å². The van der Waals surface area contributed by atoms with Crippen molar-refractivity contribution >= 4 is 11.8 Å². The maximum Gasteiger partial charge on any atom is 0.333 e. The zero-order chi connectivity index (χ0) is 17.0. The van der Waals surface area contributed by atoms with E-state index in [2.05, 4.69) is 39.8 Å². The minimum atomic E-state index is -0.249. The van der Waals surface area contributed by atoms with Gasteiger partial charge in [0.25, 0.3) is 0 Å². The molecule has 0 bridgehead atoms. The molecule has 3 rings (SSSR count). The number of esters is 1. The molecule has 0 amide bonds. The van der Waals surface area contributed by atoms with E-state index in [1.807, 2.05) is 0 Å². The smallest absolute Gasteiger partial charge is 0.333 e. The number of fused-ring (bicyclic) bond motifs is 3. The summed E-state index contributed by atoms with van der Waals surface area (Å²) in [5.74, 6) is 0.586. The molecule has 3 atom stereocenters. The normalized spacial score (nSPS) is 38.8. The molecule has 0 spiro atoms. The van der Waals surface area contributed by atoms with E-state index < -0.39 is 0 Å². The SMILES string of the molecule is COC(=O)C1=C[C@]2(C)CC[C@H]3C(C)(C)C(=O)CC[C@]3(C)C2=CC1. The van der Waals surface area contributed by atoms with E-state index in [0.717, 1.165) is 24.8 Å². The highest BCUT2D eigenvalue weighted by atomic mass is 16.5. The van der Waals surface area contributed by atoms with Gasteiger partial charge in [-0.2, -0.15) is 0 Å². The molecule has 2 saturated carbocycles. The topological polar surface area (TPSA) is 43.4 Å². The van der Waals surface area contributed by atoms with Crippen molar-refractivity contribution in [2.45, 2.75) is 59.8 Å². The van der Waals surface area contributed by atoms with Crippen molar-refractivity contribution in [1.82, 2.24) is 0 Å². The van der Waals surface area contributed by atoms with Crippen molar-refractivity contribution in [3.8, 4) is 0 Å². The predicted octanol–water partition coefficient (Wildman–Crippen LogP) is 4.23. The highest BCUT2D eigenvalue weighted by molar-refractivity contribution is 5.89. The van der Waals surface area contributed by atoms with Crippen LogP contribution in [0.4, 0.5) is 0 Å². The van der Waals surface area contributed by atoms with Crippen LogP contribution in [0, 0.1) is 22.2 Å². The van der Waals surface area contributed by atoms with Crippen molar-refractivity contribution in [1.29, 1.82) is 0 Å². The third-order valence-electron chi connectivity index (χ3n) is 6.88. The summed E-state index contributed by atoms with van der Waals surface area (Å²) in [6, 6.07) is 0. The van der Waals surface area contributed by atoms with E-state index in [9.17, 15) is 9.59 Å². The molecule has 0 aromatic heterocycles. The van der Waals surface area contributed by atoms with Crippen molar-refractivity contribution in [2.24, 2.45) is 22.2 Å². The van der Waals surface area contributed by atoms with E-state index in [-0.39, 0.29) is 22.2 Å². The Balaban J connectivity index is 2.01. The maximum absolute atomic E-state index is 12.4. The number of rotatable bonds is 1. The fourth-order valence-corrected chi connectivity index (χ4v) is 5.64. The Morgan fingerprint density at radius 2 is 1.91 bits per heavy atom. The molecule has 0 heterocycles. The molecule has 3 nitrogen and oxygen atoms in total. The molecular weight excluding hydrogens is 288 g/mol. The van der Waals surface area contributed by atoms with Crippen molar-refractivity contribution in [2.75, 3.05) is 7.11 Å². The number of carbonyl (C=O) groups is 2. The van der Waals surface area contributed by atoms with Gasteiger partial charge in [-0.15, -0.1) is 0 Å². The molecule has 0 unspecified atom stereocenters. The predicted molar refractivity (Wildman–Crippen MR) is 89.8 cm³/mol. The van der Waals surface area contributed by atoms with Crippen LogP contribution in [-0.4, -0.2) is 18.9 Å². The number of ketones is 1. The van der Waals surface area contributed by atoms with Gasteiger partial charge in [0.2, 0.25) is 0 Å².